The zero-order chi connectivity index (χ0) is 26.0. The molecule has 1 heterocycles. The molecule has 2 saturated carbocycles. The van der Waals surface area contributed by atoms with Gasteiger partial charge in [-0.05, 0) is 83.3 Å². The summed E-state index contributed by atoms with van der Waals surface area (Å²) in [6, 6.07) is 2.05. The normalized spacial score (nSPS) is 33.4. The number of unbranched alkanes of at least 4 members (excludes halogenated alkanes) is 2. The summed E-state index contributed by atoms with van der Waals surface area (Å²) in [6.07, 6.45) is 11.6. The van der Waals surface area contributed by atoms with Crippen LogP contribution < -0.4 is 4.74 Å². The lowest BCUT2D eigenvalue weighted by Crippen LogP contribution is -2.45. The quantitative estimate of drug-likeness (QED) is 0.246. The van der Waals surface area contributed by atoms with E-state index >= 15 is 0 Å². The first-order chi connectivity index (χ1) is 16.9. The van der Waals surface area contributed by atoms with Crippen molar-refractivity contribution in [1.29, 1.82) is 0 Å². The maximum absolute atomic E-state index is 14.0. The van der Waals surface area contributed by atoms with Crippen LogP contribution in [0.4, 0.5) is 0 Å². The molecule has 2 fully saturated rings. The third-order valence-electron chi connectivity index (χ3n) is 10.3. The second-order valence-corrected chi connectivity index (χ2v) is 13.7. The number of rotatable bonds is 6. The van der Waals surface area contributed by atoms with E-state index in [0.29, 0.717) is 11.5 Å². The van der Waals surface area contributed by atoms with E-state index in [1.54, 1.807) is 0 Å². The molecule has 4 heteroatoms. The van der Waals surface area contributed by atoms with Crippen molar-refractivity contribution in [3.63, 3.8) is 0 Å². The van der Waals surface area contributed by atoms with Crippen molar-refractivity contribution in [3.8, 4) is 11.5 Å². The minimum Gasteiger partial charge on any atom is -0.507 e. The Morgan fingerprint density at radius 2 is 1.92 bits per heavy atom. The molecule has 1 aromatic rings. The molecule has 4 aliphatic rings. The molecule has 4 nitrogen and oxygen atoms in total. The Hall–Kier alpha value is -1.97. The fourth-order valence-corrected chi connectivity index (χ4v) is 8.32. The molecule has 0 saturated heterocycles. The molecule has 0 unspecified atom stereocenters. The Labute approximate surface area is 217 Å². The Morgan fingerprint density at radius 1 is 1.17 bits per heavy atom. The van der Waals surface area contributed by atoms with Gasteiger partial charge in [-0.2, -0.15) is 0 Å². The minimum absolute atomic E-state index is 0.0253. The lowest BCUT2D eigenvalue weighted by Gasteiger charge is -2.47. The number of aromatic hydroxyl groups is 1. The summed E-state index contributed by atoms with van der Waals surface area (Å²) in [7, 11) is 0. The van der Waals surface area contributed by atoms with Crippen LogP contribution >= 0.6 is 0 Å². The predicted molar refractivity (Wildman–Crippen MR) is 144 cm³/mol. The van der Waals surface area contributed by atoms with Crippen LogP contribution in [0.1, 0.15) is 127 Å². The van der Waals surface area contributed by atoms with E-state index in [9.17, 15) is 9.90 Å². The van der Waals surface area contributed by atoms with Crippen LogP contribution in [-0.4, -0.2) is 22.8 Å². The summed E-state index contributed by atoms with van der Waals surface area (Å²) < 4.78 is 13.0. The largest absolute Gasteiger partial charge is 0.507 e. The second kappa shape index (κ2) is 8.81. The number of esters is 1. The number of allylic oxidation sites excluding steroid dienone is 2. The van der Waals surface area contributed by atoms with Crippen molar-refractivity contribution in [3.05, 3.63) is 34.4 Å². The van der Waals surface area contributed by atoms with Gasteiger partial charge in [0.2, 0.25) is 0 Å². The van der Waals surface area contributed by atoms with Crippen molar-refractivity contribution in [2.24, 2.45) is 22.7 Å². The molecule has 0 aromatic heterocycles. The number of phenolic OH excluding ortho intramolecular Hbond substituents is 1. The highest BCUT2D eigenvalue weighted by molar-refractivity contribution is 5.95. The van der Waals surface area contributed by atoms with Gasteiger partial charge in [0.15, 0.2) is 0 Å². The third-order valence-corrected chi connectivity index (χ3v) is 10.3. The minimum atomic E-state index is -0.355. The Bertz CT molecular complexity index is 1080. The molecule has 1 N–H and O–H groups in total. The van der Waals surface area contributed by atoms with E-state index in [2.05, 4.69) is 54.5 Å². The molecule has 0 spiro atoms. The molecule has 0 radical (unpaired) electrons. The average Bonchev–Trinajstić information content (AvgIpc) is 3.27. The Balaban J connectivity index is 1.58. The number of phenols is 1. The number of aryl methyl sites for hydroxylation is 1. The Morgan fingerprint density at radius 3 is 2.58 bits per heavy atom. The molecule has 36 heavy (non-hydrogen) atoms. The lowest BCUT2D eigenvalue weighted by atomic mass is 9.67. The summed E-state index contributed by atoms with van der Waals surface area (Å²) in [5.41, 5.74) is 3.02. The Kier molecular flexibility index (Phi) is 6.28. The summed E-state index contributed by atoms with van der Waals surface area (Å²) >= 11 is 0. The van der Waals surface area contributed by atoms with Crippen molar-refractivity contribution < 1.29 is 19.4 Å². The molecule has 1 aliphatic heterocycles. The van der Waals surface area contributed by atoms with Gasteiger partial charge in [0.25, 0.3) is 0 Å². The van der Waals surface area contributed by atoms with Crippen LogP contribution in [0.3, 0.4) is 0 Å². The number of carbonyl (C=O) groups excluding carboxylic acids is 1. The highest BCUT2D eigenvalue weighted by atomic mass is 16.5. The van der Waals surface area contributed by atoms with Crippen LogP contribution in [0.2, 0.25) is 0 Å². The fraction of sp³-hybridized carbons (Fsp3) is 0.719. The van der Waals surface area contributed by atoms with E-state index in [1.165, 1.54) is 12.0 Å². The molecule has 1 aromatic carbocycles. The number of hydrogen-bond acceptors (Lipinski definition) is 4. The standard InChI is InChI=1S/C32H46O4/c1-8-9-10-11-20-17-24-26(22-16-19(2)12-13-23(22)31(5,6)36-24)27(33)25(20)28(34)35-29-30(3,4)21-14-15-32(29,7)18-21/h16-17,21-23,29,33H,8-15,18H2,1-7H3/t21-,22-,23-,29+,32+/m1/s1. The number of carbonyl (C=O) groups is 1. The van der Waals surface area contributed by atoms with Crippen LogP contribution in [0.15, 0.2) is 17.7 Å². The van der Waals surface area contributed by atoms with Crippen LogP contribution in [0.5, 0.6) is 11.5 Å². The molecule has 2 bridgehead atoms. The predicted octanol–water partition coefficient (Wildman–Crippen LogP) is 8.11. The zero-order valence-electron chi connectivity index (χ0n) is 23.5. The molecular weight excluding hydrogens is 448 g/mol. The molecular formula is C32H46O4. The van der Waals surface area contributed by atoms with Gasteiger partial charge in [0.05, 0.1) is 0 Å². The van der Waals surface area contributed by atoms with Gasteiger partial charge in [0, 0.05) is 28.2 Å². The summed E-state index contributed by atoms with van der Waals surface area (Å²) in [6.45, 7) is 15.5. The highest BCUT2D eigenvalue weighted by Crippen LogP contribution is 2.64. The van der Waals surface area contributed by atoms with E-state index in [4.69, 9.17) is 9.47 Å². The van der Waals surface area contributed by atoms with Crippen molar-refractivity contribution in [2.45, 2.75) is 124 Å². The first kappa shape index (κ1) is 25.7. The summed E-state index contributed by atoms with van der Waals surface area (Å²) in [5.74, 6) is 1.37. The highest BCUT2D eigenvalue weighted by Gasteiger charge is 2.61. The van der Waals surface area contributed by atoms with Crippen molar-refractivity contribution >= 4 is 5.97 Å². The van der Waals surface area contributed by atoms with E-state index in [0.717, 1.165) is 68.2 Å². The topological polar surface area (TPSA) is 55.8 Å². The smallest absolute Gasteiger partial charge is 0.342 e. The van der Waals surface area contributed by atoms with Crippen LogP contribution in [0.25, 0.3) is 0 Å². The number of benzene rings is 1. The monoisotopic (exact) mass is 494 g/mol. The van der Waals surface area contributed by atoms with E-state index in [-0.39, 0.29) is 46.1 Å². The van der Waals surface area contributed by atoms with Crippen molar-refractivity contribution in [1.82, 2.24) is 0 Å². The average molecular weight is 495 g/mol. The maximum Gasteiger partial charge on any atom is 0.342 e. The van der Waals surface area contributed by atoms with Crippen LogP contribution in [-0.2, 0) is 11.2 Å². The second-order valence-electron chi connectivity index (χ2n) is 13.7. The molecule has 0 amide bonds. The van der Waals surface area contributed by atoms with Gasteiger partial charge in [-0.15, -0.1) is 0 Å². The lowest BCUT2D eigenvalue weighted by molar-refractivity contribution is -0.0587. The van der Waals surface area contributed by atoms with Gasteiger partial charge in [-0.25, -0.2) is 4.79 Å². The molecule has 198 valence electrons. The van der Waals surface area contributed by atoms with Gasteiger partial charge in [0.1, 0.15) is 28.8 Å². The first-order valence-corrected chi connectivity index (χ1v) is 14.3. The van der Waals surface area contributed by atoms with Crippen LogP contribution in [0, 0.1) is 22.7 Å². The SMILES string of the molecule is CCCCCc1cc2c(c(O)c1C(=O)O[C@H]1C(C)(C)[C@@H]3CC[C@@]1(C)C3)[C@@H]1C=C(C)CC[C@H]1C(C)(C)O2. The molecule has 3 aliphatic carbocycles. The van der Waals surface area contributed by atoms with E-state index in [1.807, 2.05) is 6.07 Å². The maximum atomic E-state index is 14.0. The van der Waals surface area contributed by atoms with Gasteiger partial charge >= 0.3 is 5.97 Å². The van der Waals surface area contributed by atoms with E-state index < -0.39 is 0 Å². The first-order valence-electron chi connectivity index (χ1n) is 14.3. The fourth-order valence-electron chi connectivity index (χ4n) is 8.32. The van der Waals surface area contributed by atoms with Gasteiger partial charge in [-0.3, -0.25) is 0 Å². The zero-order valence-corrected chi connectivity index (χ0v) is 23.5. The molecule has 5 rings (SSSR count). The number of fused-ring (bicyclic) bond motifs is 5. The summed E-state index contributed by atoms with van der Waals surface area (Å²) in [5, 5.41) is 11.8. The van der Waals surface area contributed by atoms with Crippen molar-refractivity contribution in [2.75, 3.05) is 0 Å². The summed E-state index contributed by atoms with van der Waals surface area (Å²) in [4.78, 5) is 14.0. The van der Waals surface area contributed by atoms with Gasteiger partial charge in [-0.1, -0.05) is 52.2 Å². The number of ether oxygens (including phenoxy) is 2. The third kappa shape index (κ3) is 3.98. The van der Waals surface area contributed by atoms with Gasteiger partial charge < -0.3 is 14.6 Å². The molecule has 5 atom stereocenters. The number of hydrogen-bond donors (Lipinski definition) is 1.